The lowest BCUT2D eigenvalue weighted by Crippen LogP contribution is -2.30. The Morgan fingerprint density at radius 2 is 1.93 bits per heavy atom. The van der Waals surface area contributed by atoms with Crippen molar-refractivity contribution >= 4 is 23.9 Å². The van der Waals surface area contributed by atoms with Gasteiger partial charge in [-0.25, -0.2) is 15.3 Å². The third-order valence-corrected chi connectivity index (χ3v) is 4.92. The van der Waals surface area contributed by atoms with Crippen LogP contribution in [0.5, 0.6) is 5.75 Å². The van der Waals surface area contributed by atoms with Crippen molar-refractivity contribution in [1.82, 2.24) is 20.6 Å². The number of ether oxygens (including phenoxy) is 1. The minimum atomic E-state index is -0.706. The van der Waals surface area contributed by atoms with E-state index in [0.717, 1.165) is 28.6 Å². The Hall–Kier alpha value is -3.66. The number of carbonyl (C=O) groups is 1. The van der Waals surface area contributed by atoms with Gasteiger partial charge < -0.3 is 4.74 Å². The summed E-state index contributed by atoms with van der Waals surface area (Å²) < 4.78 is 5.72. The van der Waals surface area contributed by atoms with E-state index >= 15 is 0 Å². The summed E-state index contributed by atoms with van der Waals surface area (Å²) in [5.74, 6) is 0.315. The van der Waals surface area contributed by atoms with Crippen LogP contribution in [0.3, 0.4) is 0 Å². The van der Waals surface area contributed by atoms with Gasteiger partial charge in [0.05, 0.1) is 11.5 Å². The lowest BCUT2D eigenvalue weighted by molar-refractivity contribution is -0.120. The predicted molar refractivity (Wildman–Crippen MR) is 114 cm³/mol. The zero-order valence-electron chi connectivity index (χ0n) is 16.0. The van der Waals surface area contributed by atoms with Gasteiger partial charge in [0.25, 0.3) is 11.5 Å². The molecule has 1 aromatic heterocycles. The molecular weight excluding hydrogens is 406 g/mol. The van der Waals surface area contributed by atoms with Crippen molar-refractivity contribution in [2.24, 2.45) is 5.10 Å². The maximum absolute atomic E-state index is 12.1. The largest absolute Gasteiger partial charge is 0.489 e. The topological polar surface area (TPSA) is 129 Å². The fraction of sp³-hybridized carbons (Fsp3) is 0.150. The quantitative estimate of drug-likeness (QED) is 0.286. The number of hydrogen-bond acceptors (Lipinski definition) is 7. The minimum absolute atomic E-state index is 0.00711. The number of hydrogen-bond donors (Lipinski definition) is 3. The fourth-order valence-corrected chi connectivity index (χ4v) is 3.04. The molecule has 0 saturated heterocycles. The van der Waals surface area contributed by atoms with Gasteiger partial charge >= 0.3 is 5.69 Å². The Morgan fingerprint density at radius 1 is 1.20 bits per heavy atom. The van der Waals surface area contributed by atoms with Gasteiger partial charge in [0.15, 0.2) is 5.03 Å². The third kappa shape index (κ3) is 6.17. The van der Waals surface area contributed by atoms with Crippen LogP contribution in [-0.4, -0.2) is 32.6 Å². The van der Waals surface area contributed by atoms with Crippen LogP contribution >= 0.6 is 11.8 Å². The molecule has 0 aliphatic heterocycles. The molecule has 0 radical (unpaired) electrons. The van der Waals surface area contributed by atoms with Crippen molar-refractivity contribution in [2.75, 3.05) is 0 Å². The average molecular weight is 425 g/mol. The van der Waals surface area contributed by atoms with Crippen molar-refractivity contribution in [3.8, 4) is 5.75 Å². The predicted octanol–water partition coefficient (Wildman–Crippen LogP) is 1.67. The molecule has 0 spiro atoms. The van der Waals surface area contributed by atoms with E-state index in [-0.39, 0.29) is 5.03 Å². The monoisotopic (exact) mass is 425 g/mol. The molecule has 3 rings (SSSR count). The summed E-state index contributed by atoms with van der Waals surface area (Å²) in [6.07, 6.45) is 1.50. The number of thioether (sulfide) groups is 1. The van der Waals surface area contributed by atoms with Crippen LogP contribution in [0.4, 0.5) is 0 Å². The second-order valence-electron chi connectivity index (χ2n) is 6.15. The first kappa shape index (κ1) is 21.1. The smallest absolute Gasteiger partial charge is 0.342 e. The molecular formula is C20H19N5O4S. The zero-order chi connectivity index (χ0) is 21.3. The molecule has 2 aromatic carbocycles. The second kappa shape index (κ2) is 10.2. The SMILES string of the molecule is CC(Sc1n[nH]c(=O)[nH]c1=O)C(=O)N/N=C/c1ccc(OCc2ccccc2)cc1. The highest BCUT2D eigenvalue weighted by Crippen LogP contribution is 2.16. The van der Waals surface area contributed by atoms with Gasteiger partial charge in [0.1, 0.15) is 12.4 Å². The Kier molecular flexibility index (Phi) is 7.17. The molecule has 154 valence electrons. The maximum atomic E-state index is 12.1. The van der Waals surface area contributed by atoms with E-state index in [9.17, 15) is 14.4 Å². The van der Waals surface area contributed by atoms with E-state index in [1.807, 2.05) is 59.6 Å². The Labute approximate surface area is 175 Å². The number of rotatable bonds is 8. The molecule has 1 atom stereocenters. The van der Waals surface area contributed by atoms with Gasteiger partial charge in [-0.1, -0.05) is 42.1 Å². The molecule has 30 heavy (non-hydrogen) atoms. The number of nitrogens with zero attached hydrogens (tertiary/aromatic N) is 2. The Morgan fingerprint density at radius 3 is 2.63 bits per heavy atom. The molecule has 10 heteroatoms. The van der Waals surface area contributed by atoms with Gasteiger partial charge in [-0.05, 0) is 42.3 Å². The standard InChI is InChI=1S/C20H19N5O4S/c1-13(30-19-18(27)22-20(28)25-24-19)17(26)23-21-11-14-7-9-16(10-8-14)29-12-15-5-3-2-4-6-15/h2-11,13H,12H2,1H3,(H,23,26)(H2,22,25,27,28)/b21-11+. The van der Waals surface area contributed by atoms with Gasteiger partial charge in [-0.3, -0.25) is 14.6 Å². The highest BCUT2D eigenvalue weighted by atomic mass is 32.2. The van der Waals surface area contributed by atoms with Crippen LogP contribution in [0.2, 0.25) is 0 Å². The maximum Gasteiger partial charge on any atom is 0.342 e. The lowest BCUT2D eigenvalue weighted by atomic mass is 10.2. The van der Waals surface area contributed by atoms with E-state index in [0.29, 0.717) is 6.61 Å². The average Bonchev–Trinajstić information content (AvgIpc) is 2.75. The van der Waals surface area contributed by atoms with Crippen molar-refractivity contribution in [1.29, 1.82) is 0 Å². The van der Waals surface area contributed by atoms with E-state index in [4.69, 9.17) is 4.74 Å². The first-order valence-corrected chi connectivity index (χ1v) is 9.84. The number of aromatic nitrogens is 3. The van der Waals surface area contributed by atoms with Gasteiger partial charge in [0, 0.05) is 0 Å². The molecule has 3 N–H and O–H groups in total. The van der Waals surface area contributed by atoms with E-state index in [2.05, 4.69) is 20.7 Å². The third-order valence-electron chi connectivity index (χ3n) is 3.85. The van der Waals surface area contributed by atoms with Crippen LogP contribution < -0.4 is 21.4 Å². The molecule has 1 amide bonds. The number of amides is 1. The number of nitrogens with one attached hydrogen (secondary N) is 3. The van der Waals surface area contributed by atoms with E-state index in [1.54, 1.807) is 6.92 Å². The van der Waals surface area contributed by atoms with Gasteiger partial charge in [-0.2, -0.15) is 10.2 Å². The zero-order valence-corrected chi connectivity index (χ0v) is 16.8. The van der Waals surface area contributed by atoms with Crippen LogP contribution in [-0.2, 0) is 11.4 Å². The lowest BCUT2D eigenvalue weighted by Gasteiger charge is -2.07. The Balaban J connectivity index is 1.48. The molecule has 1 heterocycles. The molecule has 0 fully saturated rings. The summed E-state index contributed by atoms with van der Waals surface area (Å²) in [5, 5.41) is 9.01. The van der Waals surface area contributed by atoms with Crippen molar-refractivity contribution in [2.45, 2.75) is 23.8 Å². The van der Waals surface area contributed by atoms with Crippen LogP contribution in [0.25, 0.3) is 0 Å². The van der Waals surface area contributed by atoms with Crippen molar-refractivity contribution < 1.29 is 9.53 Å². The second-order valence-corrected chi connectivity index (χ2v) is 7.48. The summed E-state index contributed by atoms with van der Waals surface area (Å²) in [4.78, 5) is 36.8. The fourth-order valence-electron chi connectivity index (χ4n) is 2.29. The normalized spacial score (nSPS) is 11.9. The Bertz CT molecular complexity index is 1130. The number of aromatic amines is 2. The highest BCUT2D eigenvalue weighted by Gasteiger charge is 2.16. The molecule has 3 aromatic rings. The molecule has 0 aliphatic rings. The summed E-state index contributed by atoms with van der Waals surface area (Å²) in [7, 11) is 0. The van der Waals surface area contributed by atoms with Gasteiger partial charge in [0.2, 0.25) is 0 Å². The summed E-state index contributed by atoms with van der Waals surface area (Å²) in [6.45, 7) is 2.08. The number of benzene rings is 2. The first-order chi connectivity index (χ1) is 14.5. The molecule has 9 nitrogen and oxygen atoms in total. The van der Waals surface area contributed by atoms with E-state index in [1.165, 1.54) is 6.21 Å². The van der Waals surface area contributed by atoms with Crippen LogP contribution in [0, 0.1) is 0 Å². The molecule has 0 saturated carbocycles. The van der Waals surface area contributed by atoms with Gasteiger partial charge in [-0.15, -0.1) is 0 Å². The molecule has 0 aliphatic carbocycles. The molecule has 1 unspecified atom stereocenters. The van der Waals surface area contributed by atoms with Crippen molar-refractivity contribution in [3.63, 3.8) is 0 Å². The number of carbonyl (C=O) groups excluding carboxylic acids is 1. The van der Waals surface area contributed by atoms with E-state index < -0.39 is 22.4 Å². The van der Waals surface area contributed by atoms with Crippen LogP contribution in [0.15, 0.2) is 74.3 Å². The van der Waals surface area contributed by atoms with Crippen molar-refractivity contribution in [3.05, 3.63) is 86.6 Å². The summed E-state index contributed by atoms with van der Waals surface area (Å²) in [6, 6.07) is 17.1. The highest BCUT2D eigenvalue weighted by molar-refractivity contribution is 8.00. The summed E-state index contributed by atoms with van der Waals surface area (Å²) >= 11 is 0.911. The molecule has 0 bridgehead atoms. The minimum Gasteiger partial charge on any atom is -0.489 e. The number of H-pyrrole nitrogens is 2. The van der Waals surface area contributed by atoms with Crippen LogP contribution in [0.1, 0.15) is 18.1 Å². The first-order valence-electron chi connectivity index (χ1n) is 8.96. The number of hydrazone groups is 1. The summed E-state index contributed by atoms with van der Waals surface area (Å²) in [5.41, 5.74) is 2.91.